The number of methoxy groups -OCH3 is 3. The lowest BCUT2D eigenvalue weighted by Gasteiger charge is -2.24. The summed E-state index contributed by atoms with van der Waals surface area (Å²) in [7, 11) is 4.38. The molecule has 1 atom stereocenters. The number of hydrogen-bond acceptors (Lipinski definition) is 8. The molecule has 9 nitrogen and oxygen atoms in total. The molecule has 1 aliphatic rings. The van der Waals surface area contributed by atoms with Crippen LogP contribution in [0.1, 0.15) is 33.5 Å². The molecule has 0 saturated carbocycles. The Morgan fingerprint density at radius 3 is 2.29 bits per heavy atom. The van der Waals surface area contributed by atoms with E-state index in [-0.39, 0.29) is 28.1 Å². The van der Waals surface area contributed by atoms with Gasteiger partial charge in [0, 0.05) is 6.07 Å². The molecule has 0 N–H and O–H groups in total. The van der Waals surface area contributed by atoms with Crippen LogP contribution in [-0.2, 0) is 0 Å². The van der Waals surface area contributed by atoms with E-state index >= 15 is 0 Å². The first kappa shape index (κ1) is 21.5. The number of aromatic nitrogens is 1. The summed E-state index contributed by atoms with van der Waals surface area (Å²) < 4.78 is 41.3. The van der Waals surface area contributed by atoms with Crippen LogP contribution in [0.15, 0.2) is 50.1 Å². The summed E-state index contributed by atoms with van der Waals surface area (Å²) in [5, 5.41) is 3.99. The number of anilines is 1. The Morgan fingerprint density at radius 1 is 1.00 bits per heavy atom. The average Bonchev–Trinajstić information content (AvgIpc) is 3.39. The number of amides is 1. The molecular formula is C24H19FN2O7. The Labute approximate surface area is 192 Å². The Kier molecular flexibility index (Phi) is 5.00. The molecule has 5 rings (SSSR count). The van der Waals surface area contributed by atoms with Crippen molar-refractivity contribution in [3.8, 4) is 17.2 Å². The third-order valence-corrected chi connectivity index (χ3v) is 5.70. The summed E-state index contributed by atoms with van der Waals surface area (Å²) in [6, 6.07) is 7.40. The molecule has 3 heterocycles. The van der Waals surface area contributed by atoms with Gasteiger partial charge in [-0.3, -0.25) is 14.5 Å². The molecule has 1 amide bonds. The van der Waals surface area contributed by atoms with E-state index in [2.05, 4.69) is 5.16 Å². The highest BCUT2D eigenvalue weighted by Gasteiger charge is 2.45. The van der Waals surface area contributed by atoms with Gasteiger partial charge in [0.25, 0.3) is 5.91 Å². The molecule has 1 unspecified atom stereocenters. The number of carbonyl (C=O) groups is 1. The highest BCUT2D eigenvalue weighted by molar-refractivity contribution is 6.10. The van der Waals surface area contributed by atoms with Crippen LogP contribution in [0.3, 0.4) is 0 Å². The molecule has 2 aromatic carbocycles. The lowest BCUT2D eigenvalue weighted by Crippen LogP contribution is -2.29. The molecule has 4 aromatic rings. The van der Waals surface area contributed by atoms with Crippen LogP contribution in [0.25, 0.3) is 11.0 Å². The van der Waals surface area contributed by atoms with Crippen molar-refractivity contribution in [3.63, 3.8) is 0 Å². The number of nitrogens with zero attached hydrogens (tertiary/aromatic N) is 2. The molecule has 0 spiro atoms. The Bertz CT molecular complexity index is 1480. The number of halogens is 1. The first-order chi connectivity index (χ1) is 16.4. The molecule has 0 radical (unpaired) electrons. The van der Waals surface area contributed by atoms with Crippen LogP contribution in [0.4, 0.5) is 10.2 Å². The molecule has 0 saturated heterocycles. The molecular weight excluding hydrogens is 447 g/mol. The Morgan fingerprint density at radius 2 is 1.71 bits per heavy atom. The van der Waals surface area contributed by atoms with E-state index in [0.29, 0.717) is 28.6 Å². The maximum absolute atomic E-state index is 14.0. The van der Waals surface area contributed by atoms with Crippen molar-refractivity contribution in [2.75, 3.05) is 26.2 Å². The molecule has 0 aliphatic carbocycles. The van der Waals surface area contributed by atoms with Gasteiger partial charge in [-0.15, -0.1) is 0 Å². The van der Waals surface area contributed by atoms with Gasteiger partial charge >= 0.3 is 0 Å². The number of rotatable bonds is 5. The second kappa shape index (κ2) is 7.91. The maximum Gasteiger partial charge on any atom is 0.296 e. The smallest absolute Gasteiger partial charge is 0.296 e. The first-order valence-electron chi connectivity index (χ1n) is 10.2. The predicted molar refractivity (Wildman–Crippen MR) is 118 cm³/mol. The Balaban J connectivity index is 1.84. The maximum atomic E-state index is 14.0. The fourth-order valence-corrected chi connectivity index (χ4v) is 4.22. The highest BCUT2D eigenvalue weighted by atomic mass is 19.1. The summed E-state index contributed by atoms with van der Waals surface area (Å²) in [5.41, 5.74) is 0.0641. The minimum absolute atomic E-state index is 0.0159. The quantitative estimate of drug-likeness (QED) is 0.435. The van der Waals surface area contributed by atoms with Gasteiger partial charge in [0.1, 0.15) is 17.2 Å². The molecule has 174 valence electrons. The number of ether oxygens (including phenoxy) is 3. The van der Waals surface area contributed by atoms with Crippen molar-refractivity contribution in [1.29, 1.82) is 0 Å². The van der Waals surface area contributed by atoms with Crippen LogP contribution in [0, 0.1) is 12.7 Å². The highest BCUT2D eigenvalue weighted by Crippen LogP contribution is 2.46. The van der Waals surface area contributed by atoms with E-state index in [4.69, 9.17) is 23.2 Å². The van der Waals surface area contributed by atoms with Crippen molar-refractivity contribution >= 4 is 22.7 Å². The minimum Gasteiger partial charge on any atom is -0.493 e. The van der Waals surface area contributed by atoms with Gasteiger partial charge < -0.3 is 23.2 Å². The van der Waals surface area contributed by atoms with Crippen molar-refractivity contribution in [2.24, 2.45) is 0 Å². The van der Waals surface area contributed by atoms with Crippen LogP contribution in [0.2, 0.25) is 0 Å². The molecule has 0 fully saturated rings. The standard InChI is InChI=1S/C24H19FN2O7/c1-11-7-18(26-34-11)27-20(12-8-16(30-2)22(32-4)17(9-12)31-3)19-21(28)14-10-13(25)5-6-15(14)33-23(19)24(27)29/h5-10,20H,1-4H3. The van der Waals surface area contributed by atoms with Crippen molar-refractivity contribution in [1.82, 2.24) is 5.16 Å². The van der Waals surface area contributed by atoms with Gasteiger partial charge in [-0.1, -0.05) is 5.16 Å². The van der Waals surface area contributed by atoms with Gasteiger partial charge in [-0.2, -0.15) is 0 Å². The van der Waals surface area contributed by atoms with Crippen molar-refractivity contribution in [3.05, 3.63) is 75.1 Å². The zero-order valence-corrected chi connectivity index (χ0v) is 18.7. The van der Waals surface area contributed by atoms with Gasteiger partial charge in [-0.05, 0) is 42.8 Å². The first-order valence-corrected chi connectivity index (χ1v) is 10.2. The van der Waals surface area contributed by atoms with Crippen LogP contribution < -0.4 is 24.5 Å². The average molecular weight is 466 g/mol. The van der Waals surface area contributed by atoms with Gasteiger partial charge in [-0.25, -0.2) is 4.39 Å². The molecule has 2 aromatic heterocycles. The number of hydrogen-bond donors (Lipinski definition) is 0. The van der Waals surface area contributed by atoms with E-state index < -0.39 is 23.2 Å². The SMILES string of the molecule is COc1cc(C2c3c(oc4ccc(F)cc4c3=O)C(=O)N2c2cc(C)on2)cc(OC)c1OC. The zero-order chi connectivity index (χ0) is 24.1. The third kappa shape index (κ3) is 3.10. The Hall–Kier alpha value is -4.34. The molecule has 1 aliphatic heterocycles. The van der Waals surface area contributed by atoms with Crippen LogP contribution in [0.5, 0.6) is 17.2 Å². The van der Waals surface area contributed by atoms with Crippen molar-refractivity contribution < 1.29 is 32.3 Å². The summed E-state index contributed by atoms with van der Waals surface area (Å²) in [6.45, 7) is 1.68. The lowest BCUT2D eigenvalue weighted by molar-refractivity contribution is 0.0969. The van der Waals surface area contributed by atoms with Gasteiger partial charge in [0.05, 0.1) is 38.3 Å². The van der Waals surface area contributed by atoms with E-state index in [1.54, 1.807) is 25.1 Å². The molecule has 34 heavy (non-hydrogen) atoms. The van der Waals surface area contributed by atoms with E-state index in [1.165, 1.54) is 32.3 Å². The second-order valence-electron chi connectivity index (χ2n) is 7.65. The predicted octanol–water partition coefficient (Wildman–Crippen LogP) is 4.00. The number of fused-ring (bicyclic) bond motifs is 2. The zero-order valence-electron chi connectivity index (χ0n) is 18.7. The number of carbonyl (C=O) groups excluding carboxylic acids is 1. The summed E-state index contributed by atoms with van der Waals surface area (Å²) >= 11 is 0. The monoisotopic (exact) mass is 466 g/mol. The fraction of sp³-hybridized carbons (Fsp3) is 0.208. The fourth-order valence-electron chi connectivity index (χ4n) is 4.22. The largest absolute Gasteiger partial charge is 0.493 e. The molecule has 0 bridgehead atoms. The van der Waals surface area contributed by atoms with Crippen LogP contribution >= 0.6 is 0 Å². The minimum atomic E-state index is -0.982. The topological polar surface area (TPSA) is 104 Å². The summed E-state index contributed by atoms with van der Waals surface area (Å²) in [5.74, 6) is 0.285. The van der Waals surface area contributed by atoms with E-state index in [1.807, 2.05) is 0 Å². The normalized spacial score (nSPS) is 15.0. The number of benzene rings is 2. The van der Waals surface area contributed by atoms with E-state index in [9.17, 15) is 14.0 Å². The lowest BCUT2D eigenvalue weighted by atomic mass is 9.97. The second-order valence-corrected chi connectivity index (χ2v) is 7.65. The van der Waals surface area contributed by atoms with Gasteiger partial charge in [0.15, 0.2) is 22.7 Å². The van der Waals surface area contributed by atoms with Crippen molar-refractivity contribution in [2.45, 2.75) is 13.0 Å². The molecule has 10 heteroatoms. The van der Waals surface area contributed by atoms with Gasteiger partial charge in [0.2, 0.25) is 11.5 Å². The number of aryl methyl sites for hydroxylation is 1. The van der Waals surface area contributed by atoms with E-state index in [0.717, 1.165) is 12.1 Å². The van der Waals surface area contributed by atoms with Crippen LogP contribution in [-0.4, -0.2) is 32.4 Å². The summed E-state index contributed by atoms with van der Waals surface area (Å²) in [6.07, 6.45) is 0. The third-order valence-electron chi connectivity index (χ3n) is 5.70. The summed E-state index contributed by atoms with van der Waals surface area (Å²) in [4.78, 5) is 28.4.